The fourth-order valence-electron chi connectivity index (χ4n) is 2.81. The van der Waals surface area contributed by atoms with E-state index >= 15 is 0 Å². The van der Waals surface area contributed by atoms with Crippen LogP contribution >= 0.6 is 0 Å². The van der Waals surface area contributed by atoms with E-state index in [0.717, 1.165) is 5.56 Å². The maximum absolute atomic E-state index is 12.6. The predicted molar refractivity (Wildman–Crippen MR) is 102 cm³/mol. The van der Waals surface area contributed by atoms with Crippen molar-refractivity contribution in [2.24, 2.45) is 0 Å². The van der Waals surface area contributed by atoms with Crippen molar-refractivity contribution in [2.45, 2.75) is 13.0 Å². The van der Waals surface area contributed by atoms with Crippen LogP contribution in [0.4, 0.5) is 11.4 Å². The summed E-state index contributed by atoms with van der Waals surface area (Å²) < 4.78 is 15.6. The van der Waals surface area contributed by atoms with E-state index in [1.807, 2.05) is 13.0 Å². The number of benzene rings is 2. The van der Waals surface area contributed by atoms with Gasteiger partial charge in [-0.1, -0.05) is 6.07 Å². The monoisotopic (exact) mass is 387 g/mol. The number of amides is 1. The van der Waals surface area contributed by atoms with Gasteiger partial charge in [0.1, 0.15) is 5.69 Å². The molecule has 3 rings (SSSR count). The number of fused-ring (bicyclic) bond motifs is 1. The van der Waals surface area contributed by atoms with E-state index in [1.54, 1.807) is 25.3 Å². The van der Waals surface area contributed by atoms with Gasteiger partial charge in [0.25, 0.3) is 11.6 Å². The van der Waals surface area contributed by atoms with Crippen molar-refractivity contribution < 1.29 is 23.9 Å². The average molecular weight is 387 g/mol. The van der Waals surface area contributed by atoms with Gasteiger partial charge in [0.15, 0.2) is 11.5 Å². The predicted octanol–water partition coefficient (Wildman–Crippen LogP) is 2.87. The summed E-state index contributed by atoms with van der Waals surface area (Å²) in [6.07, 6.45) is 0. The van der Waals surface area contributed by atoms with Crippen LogP contribution in [0, 0.1) is 10.1 Å². The molecule has 1 amide bonds. The first-order chi connectivity index (χ1) is 13.5. The summed E-state index contributed by atoms with van der Waals surface area (Å²) in [6.45, 7) is 2.83. The van der Waals surface area contributed by atoms with Crippen LogP contribution in [0.25, 0.3) is 0 Å². The van der Waals surface area contributed by atoms with Crippen LogP contribution < -0.4 is 20.1 Å². The van der Waals surface area contributed by atoms with Gasteiger partial charge in [0.05, 0.1) is 17.6 Å². The Morgan fingerprint density at radius 1 is 1.25 bits per heavy atom. The molecule has 2 aromatic rings. The lowest BCUT2D eigenvalue weighted by molar-refractivity contribution is -0.384. The summed E-state index contributed by atoms with van der Waals surface area (Å²) in [5, 5.41) is 17.1. The number of carbonyl (C=O) groups is 1. The molecule has 0 bridgehead atoms. The van der Waals surface area contributed by atoms with Gasteiger partial charge in [0.2, 0.25) is 6.79 Å². The summed E-state index contributed by atoms with van der Waals surface area (Å²) in [5.41, 5.74) is 1.21. The van der Waals surface area contributed by atoms with Gasteiger partial charge in [-0.3, -0.25) is 14.9 Å². The van der Waals surface area contributed by atoms with Crippen molar-refractivity contribution in [1.82, 2.24) is 5.32 Å². The maximum Gasteiger partial charge on any atom is 0.293 e. The van der Waals surface area contributed by atoms with E-state index in [-0.39, 0.29) is 24.1 Å². The van der Waals surface area contributed by atoms with Crippen LogP contribution in [-0.4, -0.2) is 37.9 Å². The molecular weight excluding hydrogens is 366 g/mol. The molecule has 1 aliphatic rings. The van der Waals surface area contributed by atoms with Crippen molar-refractivity contribution >= 4 is 17.3 Å². The SMILES string of the molecule is COCCNc1ccc(C(=O)N[C@H](C)c2ccc3c(c2)OCO3)cc1[N+](=O)[O-]. The lowest BCUT2D eigenvalue weighted by atomic mass is 10.1. The first-order valence-corrected chi connectivity index (χ1v) is 8.71. The quantitative estimate of drug-likeness (QED) is 0.407. The van der Waals surface area contributed by atoms with E-state index in [9.17, 15) is 14.9 Å². The van der Waals surface area contributed by atoms with Gasteiger partial charge in [0, 0.05) is 25.3 Å². The summed E-state index contributed by atoms with van der Waals surface area (Å²) in [5.74, 6) is 0.881. The highest BCUT2D eigenvalue weighted by Crippen LogP contribution is 2.34. The smallest absolute Gasteiger partial charge is 0.293 e. The zero-order chi connectivity index (χ0) is 20.1. The van der Waals surface area contributed by atoms with Crippen LogP contribution in [0.2, 0.25) is 0 Å². The Kier molecular flexibility index (Phi) is 5.95. The maximum atomic E-state index is 12.6. The van der Waals surface area contributed by atoms with Crippen molar-refractivity contribution in [3.8, 4) is 11.5 Å². The van der Waals surface area contributed by atoms with Crippen molar-refractivity contribution in [2.75, 3.05) is 32.4 Å². The standard InChI is InChI=1S/C19H21N3O6/c1-12(13-4-6-17-18(10-13)28-11-27-17)21-19(23)14-3-5-15(20-7-8-26-2)16(9-14)22(24)25/h3-6,9-10,12,20H,7-8,11H2,1-2H3,(H,21,23)/t12-/m1/s1. The second kappa shape index (κ2) is 8.57. The zero-order valence-corrected chi connectivity index (χ0v) is 15.6. The molecule has 0 fully saturated rings. The van der Waals surface area contributed by atoms with E-state index in [1.165, 1.54) is 12.1 Å². The molecular formula is C19H21N3O6. The van der Waals surface area contributed by atoms with Gasteiger partial charge in [-0.2, -0.15) is 0 Å². The molecule has 2 aromatic carbocycles. The van der Waals surface area contributed by atoms with Crippen LogP contribution in [0.15, 0.2) is 36.4 Å². The van der Waals surface area contributed by atoms with Gasteiger partial charge in [-0.25, -0.2) is 0 Å². The molecule has 2 N–H and O–H groups in total. The molecule has 0 aliphatic carbocycles. The van der Waals surface area contributed by atoms with Crippen LogP contribution in [0.1, 0.15) is 28.9 Å². The molecule has 0 aromatic heterocycles. The number of nitro groups is 1. The summed E-state index contributed by atoms with van der Waals surface area (Å²) in [6, 6.07) is 9.43. The number of anilines is 1. The molecule has 148 valence electrons. The third-order valence-electron chi connectivity index (χ3n) is 4.32. The largest absolute Gasteiger partial charge is 0.454 e. The molecule has 0 radical (unpaired) electrons. The summed E-state index contributed by atoms with van der Waals surface area (Å²) in [4.78, 5) is 23.4. The Bertz CT molecular complexity index is 886. The number of methoxy groups -OCH3 is 1. The number of rotatable bonds is 8. The minimum Gasteiger partial charge on any atom is -0.454 e. The Labute approximate surface area is 161 Å². The Morgan fingerprint density at radius 2 is 2.04 bits per heavy atom. The highest BCUT2D eigenvalue weighted by molar-refractivity contribution is 5.96. The van der Waals surface area contributed by atoms with Crippen LogP contribution in [0.3, 0.4) is 0 Å². The number of nitrogens with zero attached hydrogens (tertiary/aromatic N) is 1. The number of ether oxygens (including phenoxy) is 3. The highest BCUT2D eigenvalue weighted by atomic mass is 16.7. The minimum absolute atomic E-state index is 0.167. The number of hydrogen-bond donors (Lipinski definition) is 2. The number of nitro benzene ring substituents is 1. The van der Waals surface area contributed by atoms with Crippen LogP contribution in [0.5, 0.6) is 11.5 Å². The minimum atomic E-state index is -0.521. The molecule has 9 heteroatoms. The average Bonchev–Trinajstić information content (AvgIpc) is 3.15. The normalized spacial score (nSPS) is 13.1. The van der Waals surface area contributed by atoms with Crippen molar-refractivity contribution in [1.29, 1.82) is 0 Å². The molecule has 0 unspecified atom stereocenters. The summed E-state index contributed by atoms with van der Waals surface area (Å²) >= 11 is 0. The lowest BCUT2D eigenvalue weighted by Crippen LogP contribution is -2.26. The van der Waals surface area contributed by atoms with E-state index in [4.69, 9.17) is 14.2 Å². The lowest BCUT2D eigenvalue weighted by Gasteiger charge is -2.15. The summed E-state index contributed by atoms with van der Waals surface area (Å²) in [7, 11) is 1.55. The topological polar surface area (TPSA) is 112 Å². The van der Waals surface area contributed by atoms with Crippen molar-refractivity contribution in [3.63, 3.8) is 0 Å². The van der Waals surface area contributed by atoms with Gasteiger partial charge < -0.3 is 24.8 Å². The third-order valence-corrected chi connectivity index (χ3v) is 4.32. The second-order valence-corrected chi connectivity index (χ2v) is 6.22. The Morgan fingerprint density at radius 3 is 2.79 bits per heavy atom. The number of nitrogens with one attached hydrogen (secondary N) is 2. The van der Waals surface area contributed by atoms with Gasteiger partial charge >= 0.3 is 0 Å². The zero-order valence-electron chi connectivity index (χ0n) is 15.6. The molecule has 0 saturated carbocycles. The molecule has 9 nitrogen and oxygen atoms in total. The number of carbonyl (C=O) groups excluding carboxylic acids is 1. The van der Waals surface area contributed by atoms with Crippen molar-refractivity contribution in [3.05, 3.63) is 57.6 Å². The third kappa shape index (κ3) is 4.32. The highest BCUT2D eigenvalue weighted by Gasteiger charge is 2.20. The molecule has 28 heavy (non-hydrogen) atoms. The molecule has 1 aliphatic heterocycles. The molecule has 0 spiro atoms. The second-order valence-electron chi connectivity index (χ2n) is 6.22. The molecule has 1 heterocycles. The van der Waals surface area contributed by atoms with Gasteiger partial charge in [-0.05, 0) is 36.8 Å². The van der Waals surface area contributed by atoms with E-state index in [0.29, 0.717) is 30.3 Å². The Balaban J connectivity index is 1.72. The first-order valence-electron chi connectivity index (χ1n) is 8.71. The van der Waals surface area contributed by atoms with E-state index < -0.39 is 10.8 Å². The molecule has 0 saturated heterocycles. The first kappa shape index (κ1) is 19.4. The fourth-order valence-corrected chi connectivity index (χ4v) is 2.81. The molecule has 1 atom stereocenters. The van der Waals surface area contributed by atoms with Gasteiger partial charge in [-0.15, -0.1) is 0 Å². The van der Waals surface area contributed by atoms with E-state index in [2.05, 4.69) is 10.6 Å². The number of hydrogen-bond acceptors (Lipinski definition) is 7. The van der Waals surface area contributed by atoms with Crippen LogP contribution in [-0.2, 0) is 4.74 Å². The fraction of sp³-hybridized carbons (Fsp3) is 0.316. The Hall–Kier alpha value is -3.33.